The number of amides is 1. The Morgan fingerprint density at radius 3 is 2.45 bits per heavy atom. The van der Waals surface area contributed by atoms with Gasteiger partial charge in [0.1, 0.15) is 5.82 Å². The molecule has 0 spiro atoms. The summed E-state index contributed by atoms with van der Waals surface area (Å²) in [5, 5.41) is 0. The number of morpholine rings is 1. The molecule has 3 heterocycles. The molecule has 0 bridgehead atoms. The second-order valence-corrected chi connectivity index (χ2v) is 8.75. The van der Waals surface area contributed by atoms with Gasteiger partial charge in [0.15, 0.2) is 0 Å². The van der Waals surface area contributed by atoms with Gasteiger partial charge in [-0.25, -0.2) is 4.39 Å². The molecule has 1 amide bonds. The second kappa shape index (κ2) is 8.52. The van der Waals surface area contributed by atoms with Crippen LogP contribution < -0.4 is 9.80 Å². The lowest BCUT2D eigenvalue weighted by molar-refractivity contribution is -0.140. The monoisotopic (exact) mass is 463 g/mol. The summed E-state index contributed by atoms with van der Waals surface area (Å²) in [5.74, 6) is -0.923. The van der Waals surface area contributed by atoms with Crippen molar-refractivity contribution < 1.29 is 27.1 Å². The minimum atomic E-state index is -4.45. The number of benzene rings is 2. The van der Waals surface area contributed by atoms with Crippen molar-refractivity contribution in [2.24, 2.45) is 5.92 Å². The van der Waals surface area contributed by atoms with Crippen molar-refractivity contribution in [3.63, 3.8) is 0 Å². The number of ether oxygens (including phenoxy) is 1. The van der Waals surface area contributed by atoms with Gasteiger partial charge < -0.3 is 19.4 Å². The van der Waals surface area contributed by atoms with E-state index in [1.807, 2.05) is 9.80 Å². The quantitative estimate of drug-likeness (QED) is 0.639. The Hall–Kier alpha value is -2.81. The maximum Gasteiger partial charge on any atom is 0.416 e. The number of alkyl halides is 3. The van der Waals surface area contributed by atoms with E-state index >= 15 is 0 Å². The van der Waals surface area contributed by atoms with Gasteiger partial charge in [0.2, 0.25) is 5.91 Å². The molecule has 0 N–H and O–H groups in total. The number of carbonyl (C=O) groups is 1. The lowest BCUT2D eigenvalue weighted by Crippen LogP contribution is -2.62. The molecule has 0 saturated carbocycles. The Kier molecular flexibility index (Phi) is 5.68. The molecule has 3 aliphatic heterocycles. The molecule has 2 atom stereocenters. The first-order valence-electron chi connectivity index (χ1n) is 11.2. The number of piperazine rings is 1. The molecule has 176 valence electrons. The zero-order chi connectivity index (χ0) is 23.2. The predicted molar refractivity (Wildman–Crippen MR) is 116 cm³/mol. The number of hydrogen-bond acceptors (Lipinski definition) is 4. The fourth-order valence-corrected chi connectivity index (χ4v) is 5.23. The van der Waals surface area contributed by atoms with E-state index < -0.39 is 17.7 Å². The molecule has 0 aromatic heterocycles. The topological polar surface area (TPSA) is 36.0 Å². The molecule has 33 heavy (non-hydrogen) atoms. The minimum Gasteiger partial charge on any atom is -0.378 e. The highest BCUT2D eigenvalue weighted by atomic mass is 19.4. The summed E-state index contributed by atoms with van der Waals surface area (Å²) in [4.78, 5) is 19.3. The number of nitrogens with zero attached hydrogens (tertiary/aromatic N) is 3. The summed E-state index contributed by atoms with van der Waals surface area (Å²) >= 11 is 0. The van der Waals surface area contributed by atoms with Gasteiger partial charge in [-0.05, 0) is 42.3 Å². The van der Waals surface area contributed by atoms with Gasteiger partial charge >= 0.3 is 6.18 Å². The van der Waals surface area contributed by atoms with E-state index in [-0.39, 0.29) is 24.2 Å². The zero-order valence-corrected chi connectivity index (χ0v) is 18.0. The third-order valence-electron chi connectivity index (χ3n) is 6.87. The predicted octanol–water partition coefficient (Wildman–Crippen LogP) is 3.57. The van der Waals surface area contributed by atoms with Crippen molar-refractivity contribution in [2.45, 2.75) is 18.6 Å². The Morgan fingerprint density at radius 1 is 0.970 bits per heavy atom. The van der Waals surface area contributed by atoms with Gasteiger partial charge in [0.05, 0.1) is 36.4 Å². The Morgan fingerprint density at radius 2 is 1.73 bits per heavy atom. The molecule has 0 unspecified atom stereocenters. The average molecular weight is 463 g/mol. The molecular weight excluding hydrogens is 438 g/mol. The molecule has 3 aliphatic rings. The lowest BCUT2D eigenvalue weighted by Gasteiger charge is -2.50. The van der Waals surface area contributed by atoms with Crippen LogP contribution in [-0.2, 0) is 22.1 Å². The third-order valence-corrected chi connectivity index (χ3v) is 6.87. The molecule has 2 aromatic carbocycles. The van der Waals surface area contributed by atoms with E-state index in [1.54, 1.807) is 23.1 Å². The van der Waals surface area contributed by atoms with Gasteiger partial charge in [-0.1, -0.05) is 12.1 Å². The Bertz CT molecular complexity index is 1040. The van der Waals surface area contributed by atoms with Crippen LogP contribution in [0.25, 0.3) is 0 Å². The van der Waals surface area contributed by atoms with Crippen LogP contribution in [-0.4, -0.2) is 62.8 Å². The molecule has 5 rings (SSSR count). The fraction of sp³-hybridized carbons (Fsp3) is 0.458. The number of halogens is 4. The average Bonchev–Trinajstić information content (AvgIpc) is 2.82. The van der Waals surface area contributed by atoms with Crippen LogP contribution in [0.15, 0.2) is 42.5 Å². The van der Waals surface area contributed by atoms with Crippen LogP contribution in [0.3, 0.4) is 0 Å². The number of fused-ring (bicyclic) bond motifs is 3. The first-order valence-corrected chi connectivity index (χ1v) is 11.2. The van der Waals surface area contributed by atoms with Crippen molar-refractivity contribution >= 4 is 17.3 Å². The zero-order valence-electron chi connectivity index (χ0n) is 18.0. The van der Waals surface area contributed by atoms with E-state index in [0.717, 1.165) is 11.8 Å². The summed E-state index contributed by atoms with van der Waals surface area (Å²) in [6, 6.07) is 10.1. The highest BCUT2D eigenvalue weighted by Crippen LogP contribution is 2.41. The molecule has 9 heteroatoms. The smallest absolute Gasteiger partial charge is 0.378 e. The van der Waals surface area contributed by atoms with Crippen LogP contribution >= 0.6 is 0 Å². The maximum atomic E-state index is 14.5. The number of anilines is 2. The minimum absolute atomic E-state index is 0.0771. The maximum absolute atomic E-state index is 14.5. The molecule has 2 fully saturated rings. The van der Waals surface area contributed by atoms with Crippen molar-refractivity contribution in [2.75, 3.05) is 55.7 Å². The third kappa shape index (κ3) is 4.14. The van der Waals surface area contributed by atoms with E-state index in [2.05, 4.69) is 0 Å². The molecule has 0 aliphatic carbocycles. The Labute approximate surface area is 189 Å². The van der Waals surface area contributed by atoms with E-state index in [9.17, 15) is 22.4 Å². The van der Waals surface area contributed by atoms with Crippen molar-refractivity contribution in [1.29, 1.82) is 0 Å². The van der Waals surface area contributed by atoms with E-state index in [0.29, 0.717) is 57.2 Å². The summed E-state index contributed by atoms with van der Waals surface area (Å²) in [6.45, 7) is 3.25. The first kappa shape index (κ1) is 22.0. The van der Waals surface area contributed by atoms with Crippen LogP contribution in [0, 0.1) is 11.7 Å². The molecule has 2 saturated heterocycles. The number of hydrogen-bond donors (Lipinski definition) is 0. The summed E-state index contributed by atoms with van der Waals surface area (Å²) < 4.78 is 60.0. The largest absolute Gasteiger partial charge is 0.416 e. The van der Waals surface area contributed by atoms with Crippen molar-refractivity contribution in [1.82, 2.24) is 4.90 Å². The SMILES string of the molecule is O=C([C@H]1Cc2cc(C(F)(F)F)ccc2N2CCN(c3ccccc3F)C[C@@H]12)N1CCOCC1. The summed E-state index contributed by atoms with van der Waals surface area (Å²) in [6.07, 6.45) is -4.22. The van der Waals surface area contributed by atoms with Crippen LogP contribution in [0.1, 0.15) is 11.1 Å². The van der Waals surface area contributed by atoms with Crippen molar-refractivity contribution in [3.8, 4) is 0 Å². The molecule has 5 nitrogen and oxygen atoms in total. The summed E-state index contributed by atoms with van der Waals surface area (Å²) in [7, 11) is 0. The second-order valence-electron chi connectivity index (χ2n) is 8.75. The highest BCUT2D eigenvalue weighted by Gasteiger charge is 2.44. The van der Waals surface area contributed by atoms with Crippen LogP contribution in [0.5, 0.6) is 0 Å². The van der Waals surface area contributed by atoms with Gasteiger partial charge in [0, 0.05) is 38.4 Å². The Balaban J connectivity index is 1.50. The van der Waals surface area contributed by atoms with Gasteiger partial charge in [-0.15, -0.1) is 0 Å². The van der Waals surface area contributed by atoms with Crippen molar-refractivity contribution in [3.05, 3.63) is 59.4 Å². The number of rotatable bonds is 2. The molecule has 2 aromatic rings. The highest BCUT2D eigenvalue weighted by molar-refractivity contribution is 5.82. The summed E-state index contributed by atoms with van der Waals surface area (Å²) in [5.41, 5.74) is 1.04. The van der Waals surface area contributed by atoms with Gasteiger partial charge in [-0.2, -0.15) is 13.2 Å². The van der Waals surface area contributed by atoms with E-state index in [4.69, 9.17) is 4.74 Å². The van der Waals surface area contributed by atoms with Crippen LogP contribution in [0.2, 0.25) is 0 Å². The normalized spacial score (nSPS) is 23.2. The molecular formula is C24H25F4N3O2. The van der Waals surface area contributed by atoms with Gasteiger partial charge in [-0.3, -0.25) is 4.79 Å². The first-order chi connectivity index (χ1) is 15.8. The fourth-order valence-electron chi connectivity index (χ4n) is 5.23. The molecule has 0 radical (unpaired) electrons. The van der Waals surface area contributed by atoms with E-state index in [1.165, 1.54) is 18.2 Å². The van der Waals surface area contributed by atoms with Crippen LogP contribution in [0.4, 0.5) is 28.9 Å². The van der Waals surface area contributed by atoms with Gasteiger partial charge in [0.25, 0.3) is 0 Å². The number of para-hydroxylation sites is 1. The lowest BCUT2D eigenvalue weighted by atomic mass is 9.82. The standard InChI is InChI=1S/C24H25F4N3O2/c25-19-3-1-2-4-21(19)30-7-8-31-20-6-5-17(24(26,27)28)13-16(20)14-18(22(31)15-30)23(32)29-9-11-33-12-10-29/h1-6,13,18,22H,7-12,14-15H2/t18-,22-/m0/s1. The number of carbonyl (C=O) groups excluding carboxylic acids is 1.